The van der Waals surface area contributed by atoms with Crippen LogP contribution in [0.25, 0.3) is 5.69 Å². The first-order valence-corrected chi connectivity index (χ1v) is 9.52. The molecule has 0 saturated carbocycles. The maximum atomic E-state index is 11.4. The van der Waals surface area contributed by atoms with Gasteiger partial charge in [0, 0.05) is 18.0 Å². The molecule has 1 aromatic heterocycles. The van der Waals surface area contributed by atoms with Crippen molar-refractivity contribution in [2.75, 3.05) is 11.6 Å². The smallest absolute Gasteiger partial charge is 0.306 e. The molecule has 7 heteroatoms. The van der Waals surface area contributed by atoms with Crippen LogP contribution in [0.5, 0.6) is 5.75 Å². The van der Waals surface area contributed by atoms with E-state index in [1.165, 1.54) is 0 Å². The van der Waals surface area contributed by atoms with Crippen molar-refractivity contribution in [2.45, 2.75) is 13.8 Å². The lowest BCUT2D eigenvalue weighted by Gasteiger charge is -2.12. The zero-order valence-electron chi connectivity index (χ0n) is 14.2. The molecular weight excluding hydrogens is 338 g/mol. The molecule has 0 bridgehead atoms. The van der Waals surface area contributed by atoms with Gasteiger partial charge in [-0.3, -0.25) is 0 Å². The average molecular weight is 357 g/mol. The number of anilines is 2. The topological polar surface area (TPSA) is 73.2 Å². The highest BCUT2D eigenvalue weighted by molar-refractivity contribution is 7.86. The minimum absolute atomic E-state index is 0.364. The molecule has 0 aliphatic heterocycles. The van der Waals surface area contributed by atoms with Crippen LogP contribution in [-0.2, 0) is 10.1 Å². The molecule has 25 heavy (non-hydrogen) atoms. The van der Waals surface area contributed by atoms with Crippen molar-refractivity contribution in [2.24, 2.45) is 0 Å². The van der Waals surface area contributed by atoms with E-state index >= 15 is 0 Å². The van der Waals surface area contributed by atoms with Gasteiger partial charge in [0.25, 0.3) is 0 Å². The summed E-state index contributed by atoms with van der Waals surface area (Å²) < 4.78 is 29.6. The van der Waals surface area contributed by atoms with Gasteiger partial charge in [0.2, 0.25) is 0 Å². The van der Waals surface area contributed by atoms with E-state index in [4.69, 9.17) is 4.18 Å². The molecule has 3 rings (SSSR count). The largest absolute Gasteiger partial charge is 0.382 e. The SMILES string of the molecule is Cc1cc(Nc2ccn(-c3ccccc3)n2)cc(C)c1OS(C)(=O)=O. The lowest BCUT2D eigenvalue weighted by Crippen LogP contribution is -2.08. The lowest BCUT2D eigenvalue weighted by molar-refractivity contribution is 0.489. The van der Waals surface area contributed by atoms with Crippen LogP contribution in [0.4, 0.5) is 11.5 Å². The summed E-state index contributed by atoms with van der Waals surface area (Å²) in [6, 6.07) is 15.3. The minimum Gasteiger partial charge on any atom is -0.382 e. The highest BCUT2D eigenvalue weighted by Crippen LogP contribution is 2.29. The molecule has 6 nitrogen and oxygen atoms in total. The minimum atomic E-state index is -3.56. The van der Waals surface area contributed by atoms with Crippen LogP contribution in [0.2, 0.25) is 0 Å². The summed E-state index contributed by atoms with van der Waals surface area (Å²) in [4.78, 5) is 0. The van der Waals surface area contributed by atoms with Crippen molar-refractivity contribution in [3.05, 3.63) is 65.9 Å². The van der Waals surface area contributed by atoms with E-state index in [0.29, 0.717) is 11.6 Å². The number of hydrogen-bond donors (Lipinski definition) is 1. The molecule has 0 amide bonds. The van der Waals surface area contributed by atoms with Crippen LogP contribution < -0.4 is 9.50 Å². The maximum Gasteiger partial charge on any atom is 0.306 e. The molecule has 0 atom stereocenters. The van der Waals surface area contributed by atoms with Gasteiger partial charge in [0.1, 0.15) is 5.75 Å². The summed E-state index contributed by atoms with van der Waals surface area (Å²) in [5, 5.41) is 7.72. The van der Waals surface area contributed by atoms with E-state index in [2.05, 4.69) is 10.4 Å². The molecule has 0 unspecified atom stereocenters. The first-order valence-electron chi connectivity index (χ1n) is 7.71. The standard InChI is InChI=1S/C18H19N3O3S/c1-13-11-15(12-14(2)18(13)24-25(3,22)23)19-17-9-10-21(20-17)16-7-5-4-6-8-16/h4-12H,1-3H3,(H,19,20). The van der Waals surface area contributed by atoms with Crippen molar-refractivity contribution in [1.82, 2.24) is 9.78 Å². The molecule has 0 saturated heterocycles. The van der Waals surface area contributed by atoms with E-state index in [0.717, 1.165) is 28.8 Å². The molecule has 130 valence electrons. The van der Waals surface area contributed by atoms with E-state index in [1.54, 1.807) is 18.5 Å². The predicted octanol–water partition coefficient (Wildman–Crippen LogP) is 3.57. The Morgan fingerprint density at radius 1 is 1.04 bits per heavy atom. The van der Waals surface area contributed by atoms with Gasteiger partial charge in [-0.25, -0.2) is 4.68 Å². The Kier molecular flexibility index (Phi) is 4.50. The van der Waals surface area contributed by atoms with Gasteiger partial charge in [-0.05, 0) is 49.2 Å². The molecule has 0 radical (unpaired) electrons. The fourth-order valence-electron chi connectivity index (χ4n) is 2.57. The molecule has 0 fully saturated rings. The summed E-state index contributed by atoms with van der Waals surface area (Å²) in [5.74, 6) is 1.06. The Morgan fingerprint density at radius 3 is 2.28 bits per heavy atom. The Hall–Kier alpha value is -2.80. The average Bonchev–Trinajstić information content (AvgIpc) is 2.99. The van der Waals surface area contributed by atoms with Gasteiger partial charge in [-0.15, -0.1) is 0 Å². The Morgan fingerprint density at radius 2 is 1.68 bits per heavy atom. The van der Waals surface area contributed by atoms with Crippen LogP contribution in [0.1, 0.15) is 11.1 Å². The van der Waals surface area contributed by atoms with Crippen LogP contribution >= 0.6 is 0 Å². The number of nitrogens with one attached hydrogen (secondary N) is 1. The molecule has 0 aliphatic rings. The number of aromatic nitrogens is 2. The van der Waals surface area contributed by atoms with E-state index in [-0.39, 0.29) is 0 Å². The van der Waals surface area contributed by atoms with Crippen molar-refractivity contribution < 1.29 is 12.6 Å². The first kappa shape index (κ1) is 17.0. The zero-order valence-corrected chi connectivity index (χ0v) is 15.0. The summed E-state index contributed by atoms with van der Waals surface area (Å²) in [6.45, 7) is 3.61. The summed E-state index contributed by atoms with van der Waals surface area (Å²) >= 11 is 0. The molecular formula is C18H19N3O3S. The Labute approximate surface area is 147 Å². The predicted molar refractivity (Wildman–Crippen MR) is 98.2 cm³/mol. The number of benzene rings is 2. The van der Waals surface area contributed by atoms with Gasteiger partial charge >= 0.3 is 10.1 Å². The molecule has 2 aromatic carbocycles. The van der Waals surface area contributed by atoms with Crippen LogP contribution in [-0.4, -0.2) is 24.5 Å². The normalized spacial score (nSPS) is 11.3. The van der Waals surface area contributed by atoms with Crippen molar-refractivity contribution in [1.29, 1.82) is 0 Å². The second-order valence-electron chi connectivity index (χ2n) is 5.83. The summed E-state index contributed by atoms with van der Waals surface area (Å²) in [5.41, 5.74) is 3.25. The second kappa shape index (κ2) is 6.60. The van der Waals surface area contributed by atoms with Crippen LogP contribution in [0.3, 0.4) is 0 Å². The molecule has 3 aromatic rings. The van der Waals surface area contributed by atoms with Gasteiger partial charge in [0.05, 0.1) is 11.9 Å². The van der Waals surface area contributed by atoms with E-state index in [1.807, 2.05) is 54.7 Å². The van der Waals surface area contributed by atoms with Crippen molar-refractivity contribution in [3.8, 4) is 11.4 Å². The summed E-state index contributed by atoms with van der Waals surface area (Å²) in [6.07, 6.45) is 2.91. The number of aryl methyl sites for hydroxylation is 2. The third kappa shape index (κ3) is 4.19. The Balaban J connectivity index is 1.83. The third-order valence-electron chi connectivity index (χ3n) is 3.58. The molecule has 1 heterocycles. The fourth-order valence-corrected chi connectivity index (χ4v) is 3.13. The highest BCUT2D eigenvalue weighted by Gasteiger charge is 2.12. The second-order valence-corrected chi connectivity index (χ2v) is 7.41. The fraction of sp³-hybridized carbons (Fsp3) is 0.167. The molecule has 0 aliphatic carbocycles. The highest BCUT2D eigenvalue weighted by atomic mass is 32.2. The van der Waals surface area contributed by atoms with Gasteiger partial charge in [0.15, 0.2) is 5.82 Å². The number of nitrogens with zero attached hydrogens (tertiary/aromatic N) is 2. The van der Waals surface area contributed by atoms with Crippen LogP contribution in [0, 0.1) is 13.8 Å². The number of hydrogen-bond acceptors (Lipinski definition) is 5. The number of rotatable bonds is 5. The van der Waals surface area contributed by atoms with Crippen LogP contribution in [0.15, 0.2) is 54.7 Å². The lowest BCUT2D eigenvalue weighted by atomic mass is 10.1. The van der Waals surface area contributed by atoms with E-state index < -0.39 is 10.1 Å². The summed E-state index contributed by atoms with van der Waals surface area (Å²) in [7, 11) is -3.56. The molecule has 0 spiro atoms. The molecule has 1 N–H and O–H groups in total. The first-order chi connectivity index (χ1) is 11.8. The van der Waals surface area contributed by atoms with E-state index in [9.17, 15) is 8.42 Å². The monoisotopic (exact) mass is 357 g/mol. The van der Waals surface area contributed by atoms with Crippen molar-refractivity contribution >= 4 is 21.6 Å². The quantitative estimate of drug-likeness (QED) is 0.707. The van der Waals surface area contributed by atoms with Gasteiger partial charge < -0.3 is 9.50 Å². The van der Waals surface area contributed by atoms with Gasteiger partial charge in [-0.1, -0.05) is 18.2 Å². The van der Waals surface area contributed by atoms with Gasteiger partial charge in [-0.2, -0.15) is 13.5 Å². The Bertz CT molecular complexity index is 972. The zero-order chi connectivity index (χ0) is 18.0. The third-order valence-corrected chi connectivity index (χ3v) is 4.05. The number of para-hydroxylation sites is 1. The van der Waals surface area contributed by atoms with Crippen molar-refractivity contribution in [3.63, 3.8) is 0 Å². The maximum absolute atomic E-state index is 11.4.